The highest BCUT2D eigenvalue weighted by Gasteiger charge is 2.26. The first-order valence-corrected chi connectivity index (χ1v) is 10.9. The summed E-state index contributed by atoms with van der Waals surface area (Å²) in [6, 6.07) is 11.4. The van der Waals surface area contributed by atoms with E-state index in [-0.39, 0.29) is 18.4 Å². The van der Waals surface area contributed by atoms with Crippen LogP contribution in [-0.4, -0.2) is 35.9 Å². The molecular weight excluding hydrogens is 388 g/mol. The molecule has 5 heteroatoms. The Labute approximate surface area is 186 Å². The van der Waals surface area contributed by atoms with Crippen molar-refractivity contribution in [1.29, 1.82) is 0 Å². The maximum Gasteiger partial charge on any atom is 0.261 e. The molecule has 0 aliphatic rings. The fourth-order valence-electron chi connectivity index (χ4n) is 3.42. The molecule has 0 aromatic heterocycles. The number of aryl methyl sites for hydroxylation is 3. The first-order valence-electron chi connectivity index (χ1n) is 10.9. The summed E-state index contributed by atoms with van der Waals surface area (Å²) in [5.41, 5.74) is 5.33. The molecule has 1 N–H and O–H groups in total. The minimum absolute atomic E-state index is 0.114. The molecule has 0 spiro atoms. The van der Waals surface area contributed by atoms with E-state index in [0.717, 1.165) is 27.8 Å². The minimum Gasteiger partial charge on any atom is -0.483 e. The zero-order chi connectivity index (χ0) is 23.1. The van der Waals surface area contributed by atoms with Gasteiger partial charge < -0.3 is 15.0 Å². The van der Waals surface area contributed by atoms with Gasteiger partial charge in [0.05, 0.1) is 0 Å². The number of nitrogens with zero attached hydrogens (tertiary/aromatic N) is 1. The zero-order valence-corrected chi connectivity index (χ0v) is 19.9. The lowest BCUT2D eigenvalue weighted by molar-refractivity contribution is -0.142. The Balaban J connectivity index is 2.20. The van der Waals surface area contributed by atoms with Crippen molar-refractivity contribution in [3.63, 3.8) is 0 Å². The normalized spacial score (nSPS) is 11.9. The Hall–Kier alpha value is -2.82. The van der Waals surface area contributed by atoms with Gasteiger partial charge in [0, 0.05) is 13.1 Å². The number of hydrogen-bond acceptors (Lipinski definition) is 3. The van der Waals surface area contributed by atoms with Crippen LogP contribution in [0.25, 0.3) is 0 Å². The summed E-state index contributed by atoms with van der Waals surface area (Å²) in [7, 11) is 0. The van der Waals surface area contributed by atoms with E-state index >= 15 is 0 Å². The van der Waals surface area contributed by atoms with E-state index in [4.69, 9.17) is 4.74 Å². The fourth-order valence-corrected chi connectivity index (χ4v) is 3.42. The maximum atomic E-state index is 13.2. The van der Waals surface area contributed by atoms with Crippen LogP contribution in [0, 0.1) is 33.6 Å². The van der Waals surface area contributed by atoms with Crippen LogP contribution in [0.1, 0.15) is 48.6 Å². The second-order valence-electron chi connectivity index (χ2n) is 8.82. The standard InChI is InChI=1S/C26H36N2O3/c1-17(2)14-27-26(30)22(7)28(15-23-10-8-9-18(3)12-23)25(29)16-31-24-13-19(4)11-20(5)21(24)6/h8-13,17,22H,14-16H2,1-7H3,(H,27,30)/t22-/m0/s1. The lowest BCUT2D eigenvalue weighted by Crippen LogP contribution is -2.49. The smallest absolute Gasteiger partial charge is 0.261 e. The van der Waals surface area contributed by atoms with Gasteiger partial charge in [0.15, 0.2) is 6.61 Å². The Morgan fingerprint density at radius 1 is 1.00 bits per heavy atom. The van der Waals surface area contributed by atoms with Gasteiger partial charge in [0.25, 0.3) is 5.91 Å². The highest BCUT2D eigenvalue weighted by Crippen LogP contribution is 2.23. The number of nitrogens with one attached hydrogen (secondary N) is 1. The molecule has 31 heavy (non-hydrogen) atoms. The molecule has 0 heterocycles. The molecule has 2 aromatic rings. The van der Waals surface area contributed by atoms with Gasteiger partial charge in [-0.15, -0.1) is 0 Å². The number of rotatable bonds is 9. The van der Waals surface area contributed by atoms with Gasteiger partial charge >= 0.3 is 0 Å². The summed E-state index contributed by atoms with van der Waals surface area (Å²) >= 11 is 0. The average Bonchev–Trinajstić information content (AvgIpc) is 2.71. The van der Waals surface area contributed by atoms with Crippen molar-refractivity contribution < 1.29 is 14.3 Å². The van der Waals surface area contributed by atoms with Gasteiger partial charge in [-0.05, 0) is 68.9 Å². The molecule has 5 nitrogen and oxygen atoms in total. The third-order valence-electron chi connectivity index (χ3n) is 5.40. The van der Waals surface area contributed by atoms with E-state index in [1.54, 1.807) is 11.8 Å². The van der Waals surface area contributed by atoms with Crippen molar-refractivity contribution in [2.75, 3.05) is 13.2 Å². The van der Waals surface area contributed by atoms with E-state index in [1.165, 1.54) is 0 Å². The fraction of sp³-hybridized carbons (Fsp3) is 0.462. The molecule has 0 saturated carbocycles. The van der Waals surface area contributed by atoms with Crippen molar-refractivity contribution in [3.8, 4) is 5.75 Å². The van der Waals surface area contributed by atoms with Crippen LogP contribution >= 0.6 is 0 Å². The number of carbonyl (C=O) groups is 2. The Kier molecular flexibility index (Phi) is 8.66. The van der Waals surface area contributed by atoms with Crippen LogP contribution < -0.4 is 10.1 Å². The van der Waals surface area contributed by atoms with Crippen LogP contribution in [0.4, 0.5) is 0 Å². The summed E-state index contributed by atoms with van der Waals surface area (Å²) in [6.45, 7) is 14.7. The monoisotopic (exact) mass is 424 g/mol. The number of amides is 2. The zero-order valence-electron chi connectivity index (χ0n) is 19.9. The number of carbonyl (C=O) groups excluding carboxylic acids is 2. The van der Waals surface area contributed by atoms with E-state index in [1.807, 2.05) is 71.9 Å². The molecule has 168 valence electrons. The van der Waals surface area contributed by atoms with Crippen LogP contribution in [0.5, 0.6) is 5.75 Å². The minimum atomic E-state index is -0.601. The molecule has 2 aromatic carbocycles. The van der Waals surface area contributed by atoms with E-state index in [0.29, 0.717) is 24.8 Å². The van der Waals surface area contributed by atoms with Gasteiger partial charge in [0.1, 0.15) is 11.8 Å². The molecule has 0 fully saturated rings. The van der Waals surface area contributed by atoms with Crippen LogP contribution in [0.2, 0.25) is 0 Å². The summed E-state index contributed by atoms with van der Waals surface area (Å²) < 4.78 is 5.91. The molecule has 0 saturated heterocycles. The largest absolute Gasteiger partial charge is 0.483 e. The lowest BCUT2D eigenvalue weighted by Gasteiger charge is -2.29. The van der Waals surface area contributed by atoms with Crippen LogP contribution in [0.15, 0.2) is 36.4 Å². The molecule has 2 rings (SSSR count). The second-order valence-corrected chi connectivity index (χ2v) is 8.82. The van der Waals surface area contributed by atoms with Gasteiger partial charge in [-0.3, -0.25) is 9.59 Å². The van der Waals surface area contributed by atoms with E-state index < -0.39 is 6.04 Å². The summed E-state index contributed by atoms with van der Waals surface area (Å²) in [5, 5.41) is 2.94. The van der Waals surface area contributed by atoms with Gasteiger partial charge in [0.2, 0.25) is 5.91 Å². The SMILES string of the molecule is Cc1cccc(CN(C(=O)COc2cc(C)cc(C)c2C)[C@@H](C)C(=O)NCC(C)C)c1. The maximum absolute atomic E-state index is 13.2. The van der Waals surface area contributed by atoms with Crippen molar-refractivity contribution in [2.45, 2.75) is 61.1 Å². The van der Waals surface area contributed by atoms with Crippen LogP contribution in [0.3, 0.4) is 0 Å². The summed E-state index contributed by atoms with van der Waals surface area (Å²) in [6.07, 6.45) is 0. The first-order chi connectivity index (χ1) is 14.6. The van der Waals surface area contributed by atoms with E-state index in [2.05, 4.69) is 11.4 Å². The molecule has 0 aliphatic heterocycles. The average molecular weight is 425 g/mol. The Morgan fingerprint density at radius 2 is 1.71 bits per heavy atom. The van der Waals surface area contributed by atoms with Crippen molar-refractivity contribution >= 4 is 11.8 Å². The first kappa shape index (κ1) is 24.4. The molecular formula is C26H36N2O3. The molecule has 0 bridgehead atoms. The topological polar surface area (TPSA) is 58.6 Å². The highest BCUT2D eigenvalue weighted by atomic mass is 16.5. The van der Waals surface area contributed by atoms with Crippen LogP contribution in [-0.2, 0) is 16.1 Å². The predicted octanol–water partition coefficient (Wildman–Crippen LogP) is 4.49. The second kappa shape index (κ2) is 11.0. The number of ether oxygens (including phenoxy) is 1. The number of hydrogen-bond donors (Lipinski definition) is 1. The van der Waals surface area contributed by atoms with Gasteiger partial charge in [-0.2, -0.15) is 0 Å². The molecule has 0 aliphatic carbocycles. The summed E-state index contributed by atoms with van der Waals surface area (Å²) in [5.74, 6) is 0.677. The predicted molar refractivity (Wildman–Crippen MR) is 125 cm³/mol. The summed E-state index contributed by atoms with van der Waals surface area (Å²) in [4.78, 5) is 27.5. The van der Waals surface area contributed by atoms with Crippen molar-refractivity contribution in [2.24, 2.45) is 5.92 Å². The molecule has 0 radical (unpaired) electrons. The Bertz CT molecular complexity index is 921. The molecule has 1 atom stereocenters. The molecule has 2 amide bonds. The van der Waals surface area contributed by atoms with Crippen molar-refractivity contribution in [3.05, 3.63) is 64.2 Å². The lowest BCUT2D eigenvalue weighted by atomic mass is 10.1. The van der Waals surface area contributed by atoms with Crippen molar-refractivity contribution in [1.82, 2.24) is 10.2 Å². The van der Waals surface area contributed by atoms with Gasteiger partial charge in [-0.25, -0.2) is 0 Å². The highest BCUT2D eigenvalue weighted by molar-refractivity contribution is 5.88. The Morgan fingerprint density at radius 3 is 2.35 bits per heavy atom. The van der Waals surface area contributed by atoms with E-state index in [9.17, 15) is 9.59 Å². The third kappa shape index (κ3) is 7.12. The quantitative estimate of drug-likeness (QED) is 0.645. The van der Waals surface area contributed by atoms with Gasteiger partial charge in [-0.1, -0.05) is 49.7 Å². The third-order valence-corrected chi connectivity index (χ3v) is 5.40. The molecule has 0 unspecified atom stereocenters. The number of benzene rings is 2.